The van der Waals surface area contributed by atoms with E-state index in [0.29, 0.717) is 0 Å². The molecule has 0 aliphatic carbocycles. The van der Waals surface area contributed by atoms with Gasteiger partial charge in [0.25, 0.3) is 5.91 Å². The number of rotatable bonds is 4. The summed E-state index contributed by atoms with van der Waals surface area (Å²) in [5.74, 6) is -1.07. The molecule has 0 saturated heterocycles. The molecule has 2 aromatic rings. The first-order valence-corrected chi connectivity index (χ1v) is 6.12. The highest BCUT2D eigenvalue weighted by Crippen LogP contribution is 2.25. The summed E-state index contributed by atoms with van der Waals surface area (Å²) in [6, 6.07) is 9.02. The third-order valence-corrected chi connectivity index (χ3v) is 3.09. The van der Waals surface area contributed by atoms with E-state index in [1.807, 2.05) is 30.3 Å². The van der Waals surface area contributed by atoms with E-state index in [1.54, 1.807) is 6.92 Å². The van der Waals surface area contributed by atoms with E-state index in [2.05, 4.69) is 15.5 Å². The summed E-state index contributed by atoms with van der Waals surface area (Å²) in [5, 5.41) is 18.7. The van der Waals surface area contributed by atoms with Gasteiger partial charge in [-0.1, -0.05) is 47.0 Å². The number of carbonyl (C=O) groups is 1. The number of H-pyrrole nitrogens is 1. The molecule has 1 heterocycles. The lowest BCUT2D eigenvalue weighted by molar-refractivity contribution is -0.389. The highest BCUT2D eigenvalue weighted by atomic mass is 35.5. The van der Waals surface area contributed by atoms with Crippen LogP contribution < -0.4 is 5.32 Å². The Morgan fingerprint density at radius 3 is 2.65 bits per heavy atom. The molecule has 0 spiro atoms. The minimum absolute atomic E-state index is 0.193. The van der Waals surface area contributed by atoms with Gasteiger partial charge in [0.15, 0.2) is 10.7 Å². The number of hydrogen-bond donors (Lipinski definition) is 2. The molecule has 7 nitrogen and oxygen atoms in total. The Morgan fingerprint density at radius 1 is 1.45 bits per heavy atom. The lowest BCUT2D eigenvalue weighted by atomic mass is 10.1. The summed E-state index contributed by atoms with van der Waals surface area (Å²) in [6.07, 6.45) is 0. The number of amides is 1. The molecule has 20 heavy (non-hydrogen) atoms. The molecular weight excluding hydrogens is 284 g/mol. The Labute approximate surface area is 119 Å². The van der Waals surface area contributed by atoms with Crippen molar-refractivity contribution in [2.45, 2.75) is 13.0 Å². The van der Waals surface area contributed by atoms with E-state index in [0.717, 1.165) is 5.56 Å². The van der Waals surface area contributed by atoms with Crippen molar-refractivity contribution < 1.29 is 9.72 Å². The Balaban J connectivity index is 2.15. The fourth-order valence-corrected chi connectivity index (χ4v) is 1.92. The van der Waals surface area contributed by atoms with Crippen LogP contribution in [0.1, 0.15) is 29.0 Å². The Morgan fingerprint density at radius 2 is 2.10 bits per heavy atom. The number of nitrogens with zero attached hydrogens (tertiary/aromatic N) is 2. The van der Waals surface area contributed by atoms with Crippen LogP contribution in [0.25, 0.3) is 0 Å². The normalized spacial score (nSPS) is 11.9. The third kappa shape index (κ3) is 2.77. The lowest BCUT2D eigenvalue weighted by Crippen LogP contribution is -2.27. The molecule has 0 radical (unpaired) electrons. The first-order chi connectivity index (χ1) is 9.50. The number of nitrogens with one attached hydrogen (secondary N) is 2. The number of aromatic amines is 1. The maximum Gasteiger partial charge on any atom is 0.362 e. The molecule has 1 aromatic heterocycles. The maximum absolute atomic E-state index is 12.0. The van der Waals surface area contributed by atoms with Gasteiger partial charge in [-0.05, 0) is 17.4 Å². The van der Waals surface area contributed by atoms with Gasteiger partial charge in [-0.25, -0.2) is 0 Å². The Kier molecular flexibility index (Phi) is 3.99. The van der Waals surface area contributed by atoms with Crippen molar-refractivity contribution in [3.05, 3.63) is 56.7 Å². The van der Waals surface area contributed by atoms with Gasteiger partial charge in [-0.15, -0.1) is 5.10 Å². The zero-order valence-electron chi connectivity index (χ0n) is 10.5. The smallest absolute Gasteiger partial charge is 0.358 e. The van der Waals surface area contributed by atoms with Crippen molar-refractivity contribution in [2.75, 3.05) is 0 Å². The van der Waals surface area contributed by atoms with Crippen molar-refractivity contribution in [3.63, 3.8) is 0 Å². The highest BCUT2D eigenvalue weighted by molar-refractivity contribution is 6.35. The van der Waals surface area contributed by atoms with Crippen LogP contribution in [0.3, 0.4) is 0 Å². The van der Waals surface area contributed by atoms with Crippen LogP contribution in [-0.4, -0.2) is 21.0 Å². The predicted molar refractivity (Wildman–Crippen MR) is 72.6 cm³/mol. The molecule has 0 aliphatic heterocycles. The second kappa shape index (κ2) is 5.70. The van der Waals surface area contributed by atoms with E-state index in [1.165, 1.54) is 0 Å². The monoisotopic (exact) mass is 294 g/mol. The van der Waals surface area contributed by atoms with E-state index < -0.39 is 16.6 Å². The fourth-order valence-electron chi connectivity index (χ4n) is 1.68. The van der Waals surface area contributed by atoms with Crippen LogP contribution in [0.15, 0.2) is 30.3 Å². The summed E-state index contributed by atoms with van der Waals surface area (Å²) < 4.78 is 0. The Hall–Kier alpha value is -2.41. The van der Waals surface area contributed by atoms with Crippen LogP contribution in [-0.2, 0) is 0 Å². The minimum atomic E-state index is -0.729. The number of benzene rings is 1. The number of halogens is 1. The zero-order chi connectivity index (χ0) is 14.7. The number of nitro groups is 1. The van der Waals surface area contributed by atoms with Gasteiger partial charge in [-0.2, -0.15) is 0 Å². The molecule has 1 atom stereocenters. The first-order valence-electron chi connectivity index (χ1n) is 5.74. The lowest BCUT2D eigenvalue weighted by Gasteiger charge is -2.12. The quantitative estimate of drug-likeness (QED) is 0.668. The highest BCUT2D eigenvalue weighted by Gasteiger charge is 2.25. The zero-order valence-corrected chi connectivity index (χ0v) is 11.2. The average Bonchev–Trinajstić information content (AvgIpc) is 2.81. The summed E-state index contributed by atoms with van der Waals surface area (Å²) >= 11 is 5.75. The van der Waals surface area contributed by atoms with Gasteiger partial charge in [-0.3, -0.25) is 4.79 Å². The molecule has 1 unspecified atom stereocenters. The molecule has 1 amide bonds. The van der Waals surface area contributed by atoms with Crippen LogP contribution in [0.2, 0.25) is 5.02 Å². The molecule has 1 aromatic carbocycles. The van der Waals surface area contributed by atoms with Crippen molar-refractivity contribution in [3.8, 4) is 0 Å². The summed E-state index contributed by atoms with van der Waals surface area (Å²) in [4.78, 5) is 21.9. The molecule has 2 rings (SSSR count). The first kappa shape index (κ1) is 14.0. The SMILES string of the molecule is CC(NC(=O)c1n[nH]c([N+](=O)[O-])c1Cl)c1ccccc1. The van der Waals surface area contributed by atoms with Gasteiger partial charge < -0.3 is 15.4 Å². The molecule has 0 saturated carbocycles. The summed E-state index contributed by atoms with van der Waals surface area (Å²) in [5.41, 5.74) is 0.711. The van der Waals surface area contributed by atoms with Crippen molar-refractivity contribution in [2.24, 2.45) is 0 Å². The van der Waals surface area contributed by atoms with Crippen LogP contribution in [0.5, 0.6) is 0 Å². The van der Waals surface area contributed by atoms with Crippen LogP contribution >= 0.6 is 11.6 Å². The molecule has 0 aliphatic rings. The third-order valence-electron chi connectivity index (χ3n) is 2.73. The standard InChI is InChI=1S/C12H11ClN4O3/c1-7(8-5-3-2-4-6-8)14-12(18)10-9(13)11(16-15-10)17(19)20/h2-7H,1H3,(H,14,18)(H,15,16). The van der Waals surface area contributed by atoms with E-state index in [-0.39, 0.29) is 16.8 Å². The van der Waals surface area contributed by atoms with Crippen LogP contribution in [0, 0.1) is 10.1 Å². The minimum Gasteiger partial charge on any atom is -0.358 e. The van der Waals surface area contributed by atoms with E-state index >= 15 is 0 Å². The number of aromatic nitrogens is 2. The van der Waals surface area contributed by atoms with Crippen molar-refractivity contribution in [1.29, 1.82) is 0 Å². The predicted octanol–water partition coefficient (Wildman–Crippen LogP) is 2.46. The van der Waals surface area contributed by atoms with Gasteiger partial charge in [0, 0.05) is 0 Å². The largest absolute Gasteiger partial charge is 0.362 e. The fraction of sp³-hybridized carbons (Fsp3) is 0.167. The molecule has 2 N–H and O–H groups in total. The average molecular weight is 295 g/mol. The van der Waals surface area contributed by atoms with Crippen molar-refractivity contribution >= 4 is 23.3 Å². The molecule has 104 valence electrons. The molecule has 8 heteroatoms. The van der Waals surface area contributed by atoms with Gasteiger partial charge >= 0.3 is 5.82 Å². The topological polar surface area (TPSA) is 101 Å². The maximum atomic E-state index is 12.0. The number of hydrogen-bond acceptors (Lipinski definition) is 4. The van der Waals surface area contributed by atoms with Gasteiger partial charge in [0.05, 0.1) is 6.04 Å². The van der Waals surface area contributed by atoms with E-state index in [9.17, 15) is 14.9 Å². The molecule has 0 bridgehead atoms. The van der Waals surface area contributed by atoms with Gasteiger partial charge in [0.2, 0.25) is 0 Å². The summed E-state index contributed by atoms with van der Waals surface area (Å²) in [7, 11) is 0. The Bertz CT molecular complexity index is 641. The second-order valence-corrected chi connectivity index (χ2v) is 4.48. The van der Waals surface area contributed by atoms with Crippen molar-refractivity contribution in [1.82, 2.24) is 15.5 Å². The number of carbonyl (C=O) groups excluding carboxylic acids is 1. The van der Waals surface area contributed by atoms with Crippen LogP contribution in [0.4, 0.5) is 5.82 Å². The molecular formula is C12H11ClN4O3. The van der Waals surface area contributed by atoms with Gasteiger partial charge in [0.1, 0.15) is 0 Å². The summed E-state index contributed by atoms with van der Waals surface area (Å²) in [6.45, 7) is 1.79. The van der Waals surface area contributed by atoms with E-state index in [4.69, 9.17) is 11.6 Å². The molecule has 0 fully saturated rings. The second-order valence-electron chi connectivity index (χ2n) is 4.10.